The summed E-state index contributed by atoms with van der Waals surface area (Å²) in [6.45, 7) is 1.28. The number of aromatic nitrogens is 2. The van der Waals surface area contributed by atoms with E-state index >= 15 is 0 Å². The van der Waals surface area contributed by atoms with Gasteiger partial charge in [0, 0.05) is 19.4 Å². The molecule has 0 saturated heterocycles. The van der Waals surface area contributed by atoms with E-state index in [9.17, 15) is 0 Å². The summed E-state index contributed by atoms with van der Waals surface area (Å²) >= 11 is 0. The number of nitrogens with one attached hydrogen (secondary N) is 2. The highest BCUT2D eigenvalue weighted by Crippen LogP contribution is 1.93. The van der Waals surface area contributed by atoms with Crippen LogP contribution in [0.2, 0.25) is 0 Å². The predicted octanol–water partition coefficient (Wildman–Crippen LogP) is 1.34. The molecule has 0 atom stereocenters. The van der Waals surface area contributed by atoms with Gasteiger partial charge in [0.25, 0.3) is 0 Å². The van der Waals surface area contributed by atoms with Crippen molar-refractivity contribution in [2.45, 2.75) is 13.1 Å². The molecule has 2 N–H and O–H groups in total. The lowest BCUT2D eigenvalue weighted by molar-refractivity contribution is 0.783. The third-order valence-corrected chi connectivity index (χ3v) is 2.55. The zero-order chi connectivity index (χ0) is 13.3. The van der Waals surface area contributed by atoms with Crippen LogP contribution < -0.4 is 10.6 Å². The second kappa shape index (κ2) is 7.10. The van der Waals surface area contributed by atoms with Crippen molar-refractivity contribution in [1.82, 2.24) is 20.6 Å². The smallest absolute Gasteiger partial charge is 0.191 e. The maximum Gasteiger partial charge on any atom is 0.191 e. The summed E-state index contributed by atoms with van der Waals surface area (Å²) in [6, 6.07) is 11.7. The summed E-state index contributed by atoms with van der Waals surface area (Å²) in [7, 11) is 1.74. The monoisotopic (exact) mass is 255 g/mol. The largest absolute Gasteiger partial charge is 0.351 e. The molecule has 0 aliphatic heterocycles. The van der Waals surface area contributed by atoms with E-state index in [0.717, 1.165) is 17.3 Å². The summed E-state index contributed by atoms with van der Waals surface area (Å²) in [5.74, 6) is 0.733. The fraction of sp³-hybridized carbons (Fsp3) is 0.214. The van der Waals surface area contributed by atoms with Gasteiger partial charge in [-0.25, -0.2) is 0 Å². The topological polar surface area (TPSA) is 62.2 Å². The molecule has 0 spiro atoms. The number of pyridine rings is 2. The molecule has 0 aliphatic carbocycles. The Balaban J connectivity index is 1.81. The first-order valence-corrected chi connectivity index (χ1v) is 6.13. The minimum atomic E-state index is 0.642. The first-order valence-electron chi connectivity index (χ1n) is 6.13. The van der Waals surface area contributed by atoms with Crippen molar-refractivity contribution in [2.75, 3.05) is 7.05 Å². The highest BCUT2D eigenvalue weighted by atomic mass is 15.2. The molecule has 0 bridgehead atoms. The molecule has 5 heteroatoms. The third-order valence-electron chi connectivity index (χ3n) is 2.55. The number of nitrogens with zero attached hydrogens (tertiary/aromatic N) is 3. The molecule has 5 nitrogen and oxygen atoms in total. The molecule has 0 amide bonds. The maximum atomic E-state index is 4.25. The predicted molar refractivity (Wildman–Crippen MR) is 75.5 cm³/mol. The average molecular weight is 255 g/mol. The molecular formula is C14H17N5. The molecule has 0 fully saturated rings. The van der Waals surface area contributed by atoms with Gasteiger partial charge >= 0.3 is 0 Å². The Morgan fingerprint density at radius 3 is 1.84 bits per heavy atom. The Labute approximate surface area is 112 Å². The second-order valence-corrected chi connectivity index (χ2v) is 3.92. The molecule has 0 saturated carbocycles. The van der Waals surface area contributed by atoms with Crippen LogP contribution in [0.5, 0.6) is 0 Å². The summed E-state index contributed by atoms with van der Waals surface area (Å²) in [4.78, 5) is 12.6. The van der Waals surface area contributed by atoms with Gasteiger partial charge in [-0.1, -0.05) is 12.1 Å². The van der Waals surface area contributed by atoms with Gasteiger partial charge in [-0.3, -0.25) is 15.0 Å². The van der Waals surface area contributed by atoms with Crippen LogP contribution in [-0.2, 0) is 13.1 Å². The van der Waals surface area contributed by atoms with Gasteiger partial charge in [0.1, 0.15) is 0 Å². The fourth-order valence-corrected chi connectivity index (χ4v) is 1.57. The van der Waals surface area contributed by atoms with Crippen LogP contribution in [0.4, 0.5) is 0 Å². The lowest BCUT2D eigenvalue weighted by Gasteiger charge is -2.11. The van der Waals surface area contributed by atoms with E-state index in [-0.39, 0.29) is 0 Å². The van der Waals surface area contributed by atoms with Gasteiger partial charge in [0.05, 0.1) is 24.5 Å². The van der Waals surface area contributed by atoms with E-state index in [1.54, 1.807) is 19.4 Å². The van der Waals surface area contributed by atoms with Crippen molar-refractivity contribution < 1.29 is 0 Å². The highest BCUT2D eigenvalue weighted by molar-refractivity contribution is 5.79. The van der Waals surface area contributed by atoms with E-state index in [1.807, 2.05) is 36.4 Å². The van der Waals surface area contributed by atoms with E-state index in [4.69, 9.17) is 0 Å². The van der Waals surface area contributed by atoms with Crippen LogP contribution in [0.25, 0.3) is 0 Å². The molecule has 2 rings (SSSR count). The molecular weight excluding hydrogens is 238 g/mol. The number of rotatable bonds is 4. The van der Waals surface area contributed by atoms with E-state index in [2.05, 4.69) is 25.6 Å². The normalized spacial score (nSPS) is 9.74. The quantitative estimate of drug-likeness (QED) is 0.639. The Kier molecular flexibility index (Phi) is 4.87. The minimum Gasteiger partial charge on any atom is -0.351 e. The Morgan fingerprint density at radius 2 is 1.47 bits per heavy atom. The van der Waals surface area contributed by atoms with Crippen LogP contribution in [-0.4, -0.2) is 23.0 Å². The van der Waals surface area contributed by atoms with Gasteiger partial charge < -0.3 is 10.6 Å². The molecule has 2 heterocycles. The first kappa shape index (κ1) is 13.0. The van der Waals surface area contributed by atoms with Crippen LogP contribution in [0.1, 0.15) is 11.4 Å². The number of hydrogen-bond acceptors (Lipinski definition) is 3. The lowest BCUT2D eigenvalue weighted by atomic mass is 10.3. The zero-order valence-electron chi connectivity index (χ0n) is 10.9. The molecule has 2 aromatic rings. The van der Waals surface area contributed by atoms with Crippen molar-refractivity contribution in [3.8, 4) is 0 Å². The average Bonchev–Trinajstić information content (AvgIpc) is 2.49. The Morgan fingerprint density at radius 1 is 0.947 bits per heavy atom. The van der Waals surface area contributed by atoms with E-state index in [1.165, 1.54) is 0 Å². The van der Waals surface area contributed by atoms with Crippen molar-refractivity contribution in [1.29, 1.82) is 0 Å². The first-order chi connectivity index (χ1) is 9.38. The van der Waals surface area contributed by atoms with Crippen molar-refractivity contribution in [3.05, 3.63) is 60.2 Å². The minimum absolute atomic E-state index is 0.642. The van der Waals surface area contributed by atoms with Crippen molar-refractivity contribution >= 4 is 5.96 Å². The van der Waals surface area contributed by atoms with Gasteiger partial charge in [-0.2, -0.15) is 0 Å². The summed E-state index contributed by atoms with van der Waals surface area (Å²) in [5, 5.41) is 6.41. The summed E-state index contributed by atoms with van der Waals surface area (Å²) < 4.78 is 0. The zero-order valence-corrected chi connectivity index (χ0v) is 10.9. The van der Waals surface area contributed by atoms with E-state index in [0.29, 0.717) is 13.1 Å². The van der Waals surface area contributed by atoms with E-state index < -0.39 is 0 Å². The van der Waals surface area contributed by atoms with Gasteiger partial charge in [-0.15, -0.1) is 0 Å². The van der Waals surface area contributed by atoms with Gasteiger partial charge in [0.15, 0.2) is 5.96 Å². The molecule has 0 unspecified atom stereocenters. The number of hydrogen-bond donors (Lipinski definition) is 2. The Hall–Kier alpha value is -2.43. The summed E-state index contributed by atoms with van der Waals surface area (Å²) in [6.07, 6.45) is 3.56. The molecule has 19 heavy (non-hydrogen) atoms. The third kappa shape index (κ3) is 4.39. The second-order valence-electron chi connectivity index (χ2n) is 3.92. The van der Waals surface area contributed by atoms with Gasteiger partial charge in [0.2, 0.25) is 0 Å². The molecule has 0 radical (unpaired) electrons. The van der Waals surface area contributed by atoms with Crippen LogP contribution in [0.3, 0.4) is 0 Å². The maximum absolute atomic E-state index is 4.25. The lowest BCUT2D eigenvalue weighted by Crippen LogP contribution is -2.36. The summed E-state index contributed by atoms with van der Waals surface area (Å²) in [5.41, 5.74) is 1.95. The SMILES string of the molecule is CN=C(NCc1ccccn1)NCc1ccccn1. The number of guanidine groups is 1. The van der Waals surface area contributed by atoms with Crippen LogP contribution in [0, 0.1) is 0 Å². The fourth-order valence-electron chi connectivity index (χ4n) is 1.57. The Bertz CT molecular complexity index is 464. The molecule has 0 aliphatic rings. The van der Waals surface area contributed by atoms with Crippen molar-refractivity contribution in [2.24, 2.45) is 4.99 Å². The standard InChI is InChI=1S/C14H17N5/c1-15-14(18-10-12-6-2-4-8-16-12)19-11-13-7-3-5-9-17-13/h2-9H,10-11H2,1H3,(H2,15,18,19). The molecule has 0 aromatic carbocycles. The van der Waals surface area contributed by atoms with Crippen molar-refractivity contribution in [3.63, 3.8) is 0 Å². The molecule has 2 aromatic heterocycles. The molecule has 98 valence electrons. The van der Waals surface area contributed by atoms with Crippen LogP contribution >= 0.6 is 0 Å². The van der Waals surface area contributed by atoms with Crippen LogP contribution in [0.15, 0.2) is 53.8 Å². The highest BCUT2D eigenvalue weighted by Gasteiger charge is 1.99. The number of aliphatic imine (C=N–C) groups is 1. The van der Waals surface area contributed by atoms with Gasteiger partial charge in [-0.05, 0) is 24.3 Å².